The highest BCUT2D eigenvalue weighted by Gasteiger charge is 2.15. The quantitative estimate of drug-likeness (QED) is 0.795. The van der Waals surface area contributed by atoms with Gasteiger partial charge in [-0.25, -0.2) is 4.39 Å². The van der Waals surface area contributed by atoms with Crippen LogP contribution in [-0.4, -0.2) is 42.3 Å². The first kappa shape index (κ1) is 17.3. The number of likely N-dealkylation sites (N-methyl/N-ethyl adjacent to an activating group) is 1. The van der Waals surface area contributed by atoms with E-state index in [1.165, 1.54) is 6.07 Å². The highest BCUT2D eigenvalue weighted by molar-refractivity contribution is 5.84. The fourth-order valence-electron chi connectivity index (χ4n) is 2.01. The minimum atomic E-state index is -0.369. The number of Topliss-reactive ketones (excluding diaryl/α,β-unsaturated/α-hetero) is 1. The van der Waals surface area contributed by atoms with Crippen molar-refractivity contribution in [2.24, 2.45) is 0 Å². The second kappa shape index (κ2) is 8.52. The Morgan fingerprint density at radius 2 is 1.90 bits per heavy atom. The average molecular weight is 294 g/mol. The van der Waals surface area contributed by atoms with Crippen molar-refractivity contribution in [1.29, 1.82) is 0 Å². The zero-order valence-electron chi connectivity index (χ0n) is 12.9. The second-order valence-electron chi connectivity index (χ2n) is 5.33. The van der Waals surface area contributed by atoms with Crippen LogP contribution in [0.1, 0.15) is 26.3 Å². The van der Waals surface area contributed by atoms with Crippen molar-refractivity contribution in [1.82, 2.24) is 10.2 Å². The third-order valence-corrected chi connectivity index (χ3v) is 3.01. The van der Waals surface area contributed by atoms with E-state index in [9.17, 15) is 14.0 Å². The molecule has 0 spiro atoms. The van der Waals surface area contributed by atoms with Gasteiger partial charge in [-0.3, -0.25) is 14.5 Å². The lowest BCUT2D eigenvalue weighted by molar-refractivity contribution is -0.124. The third kappa shape index (κ3) is 6.49. The predicted octanol–water partition coefficient (Wildman–Crippen LogP) is 1.78. The summed E-state index contributed by atoms with van der Waals surface area (Å²) in [6.45, 7) is 6.58. The van der Waals surface area contributed by atoms with Crippen molar-refractivity contribution in [2.45, 2.75) is 33.2 Å². The second-order valence-corrected chi connectivity index (χ2v) is 5.33. The Bertz CT molecular complexity index is 489. The van der Waals surface area contributed by atoms with Gasteiger partial charge in [0.05, 0.1) is 13.1 Å². The maximum Gasteiger partial charge on any atom is 0.234 e. The number of nitrogens with zero attached hydrogens (tertiary/aromatic N) is 1. The molecule has 0 atom stereocenters. The number of carbonyl (C=O) groups excluding carboxylic acids is 2. The number of ketones is 1. The van der Waals surface area contributed by atoms with Gasteiger partial charge in [0.15, 0.2) is 5.78 Å². The zero-order valence-corrected chi connectivity index (χ0v) is 12.9. The number of nitrogens with one attached hydrogen (secondary N) is 1. The first-order valence-corrected chi connectivity index (χ1v) is 7.19. The molecule has 0 heterocycles. The van der Waals surface area contributed by atoms with Crippen LogP contribution in [-0.2, 0) is 16.0 Å². The van der Waals surface area contributed by atoms with Gasteiger partial charge in [0.1, 0.15) is 5.82 Å². The van der Waals surface area contributed by atoms with E-state index in [0.29, 0.717) is 12.1 Å². The van der Waals surface area contributed by atoms with E-state index in [4.69, 9.17) is 0 Å². The Hall–Kier alpha value is -1.75. The number of benzene rings is 1. The summed E-state index contributed by atoms with van der Waals surface area (Å²) in [6.07, 6.45) is 0.0506. The van der Waals surface area contributed by atoms with Crippen LogP contribution >= 0.6 is 0 Å². The maximum atomic E-state index is 13.5. The summed E-state index contributed by atoms with van der Waals surface area (Å²) in [6, 6.07) is 6.33. The van der Waals surface area contributed by atoms with Crippen molar-refractivity contribution in [3.05, 3.63) is 35.6 Å². The molecule has 0 aliphatic rings. The van der Waals surface area contributed by atoms with Crippen molar-refractivity contribution in [3.8, 4) is 0 Å². The number of hydrogen-bond acceptors (Lipinski definition) is 3. The smallest absolute Gasteiger partial charge is 0.234 e. The van der Waals surface area contributed by atoms with Gasteiger partial charge in [-0.2, -0.15) is 0 Å². The van der Waals surface area contributed by atoms with Crippen LogP contribution < -0.4 is 5.32 Å². The van der Waals surface area contributed by atoms with Gasteiger partial charge in [0.25, 0.3) is 0 Å². The Morgan fingerprint density at radius 1 is 1.24 bits per heavy atom. The molecule has 1 aromatic rings. The Labute approximate surface area is 125 Å². The first-order valence-electron chi connectivity index (χ1n) is 7.19. The zero-order chi connectivity index (χ0) is 15.8. The third-order valence-electron chi connectivity index (χ3n) is 3.01. The molecule has 1 amide bonds. The molecule has 5 heteroatoms. The van der Waals surface area contributed by atoms with Crippen molar-refractivity contribution >= 4 is 11.7 Å². The Balaban J connectivity index is 2.51. The normalized spacial score (nSPS) is 11.0. The van der Waals surface area contributed by atoms with Crippen LogP contribution in [0.25, 0.3) is 0 Å². The van der Waals surface area contributed by atoms with Gasteiger partial charge in [-0.1, -0.05) is 25.1 Å². The van der Waals surface area contributed by atoms with Gasteiger partial charge in [-0.15, -0.1) is 0 Å². The molecule has 1 aromatic carbocycles. The lowest BCUT2D eigenvalue weighted by Gasteiger charge is -2.20. The summed E-state index contributed by atoms with van der Waals surface area (Å²) < 4.78 is 13.5. The lowest BCUT2D eigenvalue weighted by Crippen LogP contribution is -2.42. The molecule has 0 radical (unpaired) electrons. The van der Waals surface area contributed by atoms with E-state index >= 15 is 0 Å². The van der Waals surface area contributed by atoms with E-state index in [-0.39, 0.29) is 43.1 Å². The highest BCUT2D eigenvalue weighted by atomic mass is 19.1. The summed E-state index contributed by atoms with van der Waals surface area (Å²) >= 11 is 0. The molecular formula is C16H23FN2O2. The SMILES string of the molecule is CCN(CC(=O)Cc1ccccc1F)CC(=O)NC(C)C. The number of amides is 1. The lowest BCUT2D eigenvalue weighted by atomic mass is 10.1. The minimum Gasteiger partial charge on any atom is -0.353 e. The van der Waals surface area contributed by atoms with Gasteiger partial charge in [0.2, 0.25) is 5.91 Å². The monoisotopic (exact) mass is 294 g/mol. The summed E-state index contributed by atoms with van der Waals surface area (Å²) in [5.74, 6) is -0.573. The van der Waals surface area contributed by atoms with Gasteiger partial charge in [-0.05, 0) is 32.0 Å². The van der Waals surface area contributed by atoms with E-state index in [1.54, 1.807) is 23.1 Å². The van der Waals surface area contributed by atoms with E-state index < -0.39 is 0 Å². The fourth-order valence-corrected chi connectivity index (χ4v) is 2.01. The first-order chi connectivity index (χ1) is 9.92. The average Bonchev–Trinajstić information content (AvgIpc) is 2.39. The predicted molar refractivity (Wildman–Crippen MR) is 80.5 cm³/mol. The molecule has 0 fully saturated rings. The molecule has 0 aliphatic heterocycles. The molecule has 0 saturated carbocycles. The van der Waals surface area contributed by atoms with Gasteiger partial charge in [0, 0.05) is 12.5 Å². The largest absolute Gasteiger partial charge is 0.353 e. The van der Waals surface area contributed by atoms with Crippen LogP contribution in [0.2, 0.25) is 0 Å². The minimum absolute atomic E-state index is 0.0506. The fraction of sp³-hybridized carbons (Fsp3) is 0.500. The molecule has 1 rings (SSSR count). The van der Waals surface area contributed by atoms with Crippen LogP contribution in [0.4, 0.5) is 4.39 Å². The molecule has 4 nitrogen and oxygen atoms in total. The van der Waals surface area contributed by atoms with Crippen LogP contribution in [0.3, 0.4) is 0 Å². The number of hydrogen-bond donors (Lipinski definition) is 1. The molecule has 0 unspecified atom stereocenters. The topological polar surface area (TPSA) is 49.4 Å². The molecule has 1 N–H and O–H groups in total. The van der Waals surface area contributed by atoms with Crippen molar-refractivity contribution < 1.29 is 14.0 Å². The highest BCUT2D eigenvalue weighted by Crippen LogP contribution is 2.07. The van der Waals surface area contributed by atoms with Crippen LogP contribution in [0.15, 0.2) is 24.3 Å². The molecule has 21 heavy (non-hydrogen) atoms. The summed E-state index contributed by atoms with van der Waals surface area (Å²) in [4.78, 5) is 25.4. The van der Waals surface area contributed by atoms with Gasteiger partial charge >= 0.3 is 0 Å². The number of halogens is 1. The molecule has 0 bridgehead atoms. The summed E-state index contributed by atoms with van der Waals surface area (Å²) in [5.41, 5.74) is 0.394. The van der Waals surface area contributed by atoms with Crippen molar-refractivity contribution in [2.75, 3.05) is 19.6 Å². The van der Waals surface area contributed by atoms with Crippen molar-refractivity contribution in [3.63, 3.8) is 0 Å². The van der Waals surface area contributed by atoms with Crippen LogP contribution in [0, 0.1) is 5.82 Å². The Kier molecular flexibility index (Phi) is 7.02. The van der Waals surface area contributed by atoms with E-state index in [2.05, 4.69) is 5.32 Å². The molecule has 0 aliphatic carbocycles. The standard InChI is InChI=1S/C16H23FN2O2/c1-4-19(11-16(21)18-12(2)3)10-14(20)9-13-7-5-6-8-15(13)17/h5-8,12H,4,9-11H2,1-3H3,(H,18,21). The molecule has 0 saturated heterocycles. The molecule has 0 aromatic heterocycles. The summed E-state index contributed by atoms with van der Waals surface area (Å²) in [5, 5.41) is 2.79. The molecule has 116 valence electrons. The van der Waals surface area contributed by atoms with E-state index in [0.717, 1.165) is 0 Å². The summed E-state index contributed by atoms with van der Waals surface area (Å²) in [7, 11) is 0. The maximum absolute atomic E-state index is 13.5. The van der Waals surface area contributed by atoms with E-state index in [1.807, 2.05) is 20.8 Å². The molecular weight excluding hydrogens is 271 g/mol. The van der Waals surface area contributed by atoms with Crippen LogP contribution in [0.5, 0.6) is 0 Å². The number of carbonyl (C=O) groups is 2. The Morgan fingerprint density at radius 3 is 2.48 bits per heavy atom. The number of rotatable bonds is 8. The van der Waals surface area contributed by atoms with Gasteiger partial charge < -0.3 is 5.32 Å².